The average molecular weight is 1210 g/mol. The molecule has 0 amide bonds. The average Bonchev–Trinajstić information content (AvgIpc) is 3.12. The molecule has 0 aliphatic heterocycles. The summed E-state index contributed by atoms with van der Waals surface area (Å²) in [5.74, 6) is 1.93. The number of unbranched alkanes of at least 4 members (excludes halogenated alkanes) is 42. The summed E-state index contributed by atoms with van der Waals surface area (Å²) < 4.78 is 0. The lowest BCUT2D eigenvalue weighted by Gasteiger charge is -2.20. The van der Waals surface area contributed by atoms with Gasteiger partial charge in [0.25, 0.3) is 0 Å². The van der Waals surface area contributed by atoms with Crippen LogP contribution in [-0.2, 0) is 44.9 Å². The van der Waals surface area contributed by atoms with Gasteiger partial charge in [-0.3, -0.25) is 0 Å². The molecular formula is C83H140N5. The van der Waals surface area contributed by atoms with Crippen LogP contribution in [0, 0.1) is 6.92 Å². The molecule has 0 aliphatic rings. The zero-order chi connectivity index (χ0) is 62.6. The fourth-order valence-corrected chi connectivity index (χ4v) is 13.6. The molecule has 0 saturated heterocycles. The second-order valence-corrected chi connectivity index (χ2v) is 27.4. The molecule has 2 N–H and O–H groups in total. The van der Waals surface area contributed by atoms with Crippen LogP contribution < -0.4 is 10.6 Å². The van der Waals surface area contributed by atoms with Crippen LogP contribution >= 0.6 is 0 Å². The second-order valence-electron chi connectivity index (χ2n) is 27.4. The predicted octanol–water partition coefficient (Wildman–Crippen LogP) is 27.5. The van der Waals surface area contributed by atoms with Gasteiger partial charge in [-0.1, -0.05) is 335 Å². The van der Waals surface area contributed by atoms with Crippen molar-refractivity contribution in [3.05, 3.63) is 94.4 Å². The van der Waals surface area contributed by atoms with Crippen molar-refractivity contribution in [3.8, 4) is 11.4 Å². The molecule has 1 aromatic heterocycles. The molecule has 5 nitrogen and oxygen atoms in total. The molecule has 3 aromatic carbocycles. The number of nitrogens with zero attached hydrogens (tertiary/aromatic N) is 3. The Bertz CT molecular complexity index is 2050. The van der Waals surface area contributed by atoms with Crippen LogP contribution in [0.1, 0.15) is 389 Å². The van der Waals surface area contributed by atoms with E-state index in [2.05, 4.69) is 108 Å². The number of nitrogens with one attached hydrogen (secondary N) is 2. The molecule has 0 spiro atoms. The lowest BCUT2D eigenvalue weighted by molar-refractivity contribution is 0.567. The summed E-state index contributed by atoms with van der Waals surface area (Å²) in [6, 6.07) is 18.8. The van der Waals surface area contributed by atoms with Crippen molar-refractivity contribution >= 4 is 23.3 Å². The topological polar surface area (TPSA) is 62.7 Å². The van der Waals surface area contributed by atoms with E-state index in [1.54, 1.807) is 33.4 Å². The highest BCUT2D eigenvalue weighted by atomic mass is 15.2. The quantitative estimate of drug-likeness (QED) is 0.0431. The Hall–Kier alpha value is -3.73. The van der Waals surface area contributed by atoms with Crippen LogP contribution in [0.3, 0.4) is 0 Å². The number of rotatable bonds is 60. The van der Waals surface area contributed by atoms with E-state index in [9.17, 15) is 0 Å². The van der Waals surface area contributed by atoms with E-state index < -0.39 is 0 Å². The monoisotopic (exact) mass is 1210 g/mol. The number of aryl methyl sites for hydroxylation is 4. The smallest absolute Gasteiger partial charge is 0.232 e. The summed E-state index contributed by atoms with van der Waals surface area (Å²) in [6.45, 7) is 18.2. The highest BCUT2D eigenvalue weighted by molar-refractivity contribution is 5.66. The molecular weight excluding hydrogens is 1070 g/mol. The van der Waals surface area contributed by atoms with Gasteiger partial charge in [-0.25, -0.2) is 0 Å². The maximum absolute atomic E-state index is 5.35. The maximum Gasteiger partial charge on any atom is 0.232 e. The van der Waals surface area contributed by atoms with Gasteiger partial charge in [-0.05, 0) is 154 Å². The first-order chi connectivity index (χ1) is 43.5. The third kappa shape index (κ3) is 35.2. The van der Waals surface area contributed by atoms with Gasteiger partial charge in [-0.2, -0.15) is 15.0 Å². The summed E-state index contributed by atoms with van der Waals surface area (Å²) in [7, 11) is 0. The fraction of sp³-hybridized carbons (Fsp3) is 0.735. The predicted molar refractivity (Wildman–Crippen MR) is 392 cm³/mol. The highest BCUT2D eigenvalue weighted by Crippen LogP contribution is 2.33. The Balaban J connectivity index is 1.77. The van der Waals surface area contributed by atoms with E-state index >= 15 is 0 Å². The van der Waals surface area contributed by atoms with Crippen LogP contribution in [0.15, 0.2) is 48.5 Å². The van der Waals surface area contributed by atoms with Crippen molar-refractivity contribution in [1.29, 1.82) is 0 Å². The minimum absolute atomic E-state index is 0.616. The van der Waals surface area contributed by atoms with Crippen molar-refractivity contribution in [2.24, 2.45) is 0 Å². The summed E-state index contributed by atoms with van der Waals surface area (Å²) in [5.41, 5.74) is 14.0. The van der Waals surface area contributed by atoms with Crippen LogP contribution in [0.2, 0.25) is 0 Å². The molecule has 5 heteroatoms. The minimum atomic E-state index is 0.616. The summed E-state index contributed by atoms with van der Waals surface area (Å²) in [4.78, 5) is 16.0. The van der Waals surface area contributed by atoms with E-state index in [1.165, 1.54) is 327 Å². The summed E-state index contributed by atoms with van der Waals surface area (Å²) in [5, 5.41) is 7.82. The van der Waals surface area contributed by atoms with Gasteiger partial charge in [0.15, 0.2) is 5.82 Å². The standard InChI is InChI=1S/C83H140N5/c1-8-15-21-27-33-39-45-51-57-73-67-77(68-74(58-52-46-40-34-28-22-16-9-2)79(73)61-55-49-43-37-31-25-19-12-5)84-82-86-81(72-65-63-71(14-7)64-66-72)87-83(88-82)85-78-69-75(59-53-47-41-35-29-23-17-10-3)80(62-56-50-44-38-32-26-20-13-6)76(70-78)60-54-48-42-36-30-24-18-11-4/h63-70H,7-62H2,1-6H3,(H2,84,85,86,87,88). The fourth-order valence-electron chi connectivity index (χ4n) is 13.6. The Morgan fingerprint density at radius 1 is 0.273 bits per heavy atom. The molecule has 0 atom stereocenters. The minimum Gasteiger partial charge on any atom is -0.324 e. The number of hydrogen-bond acceptors (Lipinski definition) is 5. The zero-order valence-electron chi connectivity index (χ0n) is 59.1. The van der Waals surface area contributed by atoms with Gasteiger partial charge in [0.05, 0.1) is 0 Å². The second kappa shape index (κ2) is 52.8. The Kier molecular flexibility index (Phi) is 46.1. The Morgan fingerprint density at radius 2 is 0.500 bits per heavy atom. The van der Waals surface area contributed by atoms with Crippen molar-refractivity contribution < 1.29 is 0 Å². The first-order valence-electron chi connectivity index (χ1n) is 38.9. The first-order valence-corrected chi connectivity index (χ1v) is 38.9. The van der Waals surface area contributed by atoms with Crippen LogP contribution in [-0.4, -0.2) is 15.0 Å². The van der Waals surface area contributed by atoms with E-state index in [4.69, 9.17) is 15.0 Å². The van der Waals surface area contributed by atoms with E-state index in [0.29, 0.717) is 17.7 Å². The third-order valence-corrected chi connectivity index (χ3v) is 19.3. The van der Waals surface area contributed by atoms with Gasteiger partial charge in [0.2, 0.25) is 11.9 Å². The van der Waals surface area contributed by atoms with Gasteiger partial charge in [0, 0.05) is 16.9 Å². The van der Waals surface area contributed by atoms with Crippen molar-refractivity contribution in [2.45, 2.75) is 395 Å². The van der Waals surface area contributed by atoms with Crippen molar-refractivity contribution in [1.82, 2.24) is 15.0 Å². The van der Waals surface area contributed by atoms with Gasteiger partial charge in [-0.15, -0.1) is 0 Å². The molecule has 0 saturated carbocycles. The highest BCUT2D eigenvalue weighted by Gasteiger charge is 2.18. The summed E-state index contributed by atoms with van der Waals surface area (Å²) in [6.07, 6.45) is 72.5. The first kappa shape index (κ1) is 76.7. The molecule has 88 heavy (non-hydrogen) atoms. The largest absolute Gasteiger partial charge is 0.324 e. The van der Waals surface area contributed by atoms with E-state index in [0.717, 1.165) is 49.0 Å². The maximum atomic E-state index is 5.35. The molecule has 0 bridgehead atoms. The molecule has 0 unspecified atom stereocenters. The van der Waals surface area contributed by atoms with Gasteiger partial charge < -0.3 is 10.6 Å². The van der Waals surface area contributed by atoms with E-state index in [-0.39, 0.29) is 0 Å². The number of hydrogen-bond donors (Lipinski definition) is 2. The molecule has 1 heterocycles. The Labute approximate surface area is 546 Å². The normalized spacial score (nSPS) is 11.6. The summed E-state index contributed by atoms with van der Waals surface area (Å²) >= 11 is 0. The third-order valence-electron chi connectivity index (χ3n) is 19.3. The zero-order valence-corrected chi connectivity index (χ0v) is 59.1. The van der Waals surface area contributed by atoms with Crippen LogP contribution in [0.4, 0.5) is 23.3 Å². The lowest BCUT2D eigenvalue weighted by atomic mass is 9.89. The van der Waals surface area contributed by atoms with E-state index in [1.807, 2.05) is 0 Å². The molecule has 4 aromatic rings. The van der Waals surface area contributed by atoms with Gasteiger partial charge in [0.1, 0.15) is 0 Å². The SMILES string of the molecule is [CH2]Cc1ccc(-c2nc(Nc3cc(CCCCCCCCCC)c(CCCCCCCCCC)c(CCCCCCCCCC)c3)nc(Nc3cc(CCCCCCCCCC)c(CCCCCCCCCC)c(CCCCCCCCCC)c3)n2)cc1. The molecule has 1 radical (unpaired) electrons. The number of benzene rings is 3. The number of anilines is 4. The van der Waals surface area contributed by atoms with Crippen molar-refractivity contribution in [3.63, 3.8) is 0 Å². The Morgan fingerprint density at radius 3 is 0.739 bits per heavy atom. The van der Waals surface area contributed by atoms with Crippen LogP contribution in [0.5, 0.6) is 0 Å². The molecule has 0 aliphatic carbocycles. The lowest BCUT2D eigenvalue weighted by Crippen LogP contribution is -2.09. The molecule has 0 fully saturated rings. The van der Waals surface area contributed by atoms with Crippen molar-refractivity contribution in [2.75, 3.05) is 10.6 Å². The molecule has 497 valence electrons. The van der Waals surface area contributed by atoms with Crippen LogP contribution in [0.25, 0.3) is 11.4 Å². The number of aromatic nitrogens is 3. The molecule has 4 rings (SSSR count). The van der Waals surface area contributed by atoms with Gasteiger partial charge >= 0.3 is 0 Å².